The van der Waals surface area contributed by atoms with Crippen molar-refractivity contribution < 1.29 is 22.8 Å². The minimum absolute atomic E-state index is 0.00782. The summed E-state index contributed by atoms with van der Waals surface area (Å²) < 4.78 is 37.7. The van der Waals surface area contributed by atoms with Crippen LogP contribution in [0.2, 0.25) is 0 Å². The van der Waals surface area contributed by atoms with Gasteiger partial charge in [0.15, 0.2) is 6.29 Å². The number of benzene rings is 1. The summed E-state index contributed by atoms with van der Waals surface area (Å²) >= 11 is 0. The lowest BCUT2D eigenvalue weighted by Crippen LogP contribution is -2.21. The summed E-state index contributed by atoms with van der Waals surface area (Å²) in [5, 5.41) is 8.61. The Morgan fingerprint density at radius 2 is 2.00 bits per heavy atom. The second-order valence-corrected chi connectivity index (χ2v) is 3.04. The number of rotatable bonds is 2. The average Bonchev–Trinajstić information content (AvgIpc) is 2.25. The summed E-state index contributed by atoms with van der Waals surface area (Å²) in [4.78, 5) is 21.6. The van der Waals surface area contributed by atoms with E-state index in [-0.39, 0.29) is 11.8 Å². The standard InChI is InChI=1S/C10H5F3N2O2/c11-10(12,13)7-2-1-5(3-14)6(4-16)8(7)9(15)17/h1-2,4H,(H2,15,17). The van der Waals surface area contributed by atoms with Gasteiger partial charge in [0.2, 0.25) is 5.91 Å². The van der Waals surface area contributed by atoms with Crippen LogP contribution in [0.3, 0.4) is 0 Å². The van der Waals surface area contributed by atoms with Crippen molar-refractivity contribution in [2.45, 2.75) is 6.18 Å². The van der Waals surface area contributed by atoms with Gasteiger partial charge in [0.1, 0.15) is 0 Å². The largest absolute Gasteiger partial charge is 0.417 e. The predicted octanol–water partition coefficient (Wildman–Crippen LogP) is 1.49. The maximum atomic E-state index is 12.6. The van der Waals surface area contributed by atoms with E-state index >= 15 is 0 Å². The van der Waals surface area contributed by atoms with Gasteiger partial charge in [0.05, 0.1) is 22.8 Å². The molecule has 0 heterocycles. The maximum Gasteiger partial charge on any atom is 0.417 e. The minimum atomic E-state index is -4.82. The van der Waals surface area contributed by atoms with Crippen LogP contribution in [0.4, 0.5) is 13.2 Å². The molecule has 0 radical (unpaired) electrons. The van der Waals surface area contributed by atoms with Gasteiger partial charge in [-0.05, 0) is 12.1 Å². The Balaban J connectivity index is 3.73. The lowest BCUT2D eigenvalue weighted by molar-refractivity contribution is -0.137. The van der Waals surface area contributed by atoms with E-state index in [1.54, 1.807) is 0 Å². The molecule has 0 unspecified atom stereocenters. The highest BCUT2D eigenvalue weighted by molar-refractivity contribution is 6.03. The van der Waals surface area contributed by atoms with Crippen LogP contribution in [0.25, 0.3) is 0 Å². The minimum Gasteiger partial charge on any atom is -0.366 e. The zero-order valence-corrected chi connectivity index (χ0v) is 8.21. The Kier molecular flexibility index (Phi) is 3.18. The number of nitrogens with two attached hydrogens (primary N) is 1. The summed E-state index contributed by atoms with van der Waals surface area (Å²) in [5.41, 5.74) is 1.52. The quantitative estimate of drug-likeness (QED) is 0.797. The molecule has 0 fully saturated rings. The number of nitriles is 1. The van der Waals surface area contributed by atoms with Gasteiger partial charge in [-0.15, -0.1) is 0 Å². The molecule has 1 amide bonds. The molecule has 1 aromatic rings. The predicted molar refractivity (Wildman–Crippen MR) is 50.1 cm³/mol. The molecular formula is C10H5F3N2O2. The fraction of sp³-hybridized carbons (Fsp3) is 0.100. The van der Waals surface area contributed by atoms with Gasteiger partial charge < -0.3 is 5.73 Å². The SMILES string of the molecule is N#Cc1ccc(C(F)(F)F)c(C(N)=O)c1C=O. The van der Waals surface area contributed by atoms with Gasteiger partial charge in [0.25, 0.3) is 0 Å². The second kappa shape index (κ2) is 4.25. The first-order valence-electron chi connectivity index (χ1n) is 4.22. The number of halogens is 3. The summed E-state index contributed by atoms with van der Waals surface area (Å²) in [6.45, 7) is 0. The maximum absolute atomic E-state index is 12.6. The summed E-state index contributed by atoms with van der Waals surface area (Å²) in [5.74, 6) is -1.41. The van der Waals surface area contributed by atoms with Crippen molar-refractivity contribution in [3.05, 3.63) is 34.4 Å². The van der Waals surface area contributed by atoms with E-state index in [2.05, 4.69) is 0 Å². The van der Waals surface area contributed by atoms with E-state index in [1.807, 2.05) is 0 Å². The number of alkyl halides is 3. The van der Waals surface area contributed by atoms with Crippen molar-refractivity contribution in [1.29, 1.82) is 5.26 Å². The number of primary amides is 1. The number of aldehydes is 1. The Bertz CT molecular complexity index is 530. The molecule has 0 saturated heterocycles. The normalized spacial score (nSPS) is 10.7. The van der Waals surface area contributed by atoms with Crippen molar-refractivity contribution in [3.8, 4) is 6.07 Å². The molecule has 1 aromatic carbocycles. The van der Waals surface area contributed by atoms with E-state index < -0.39 is 28.8 Å². The number of hydrogen-bond donors (Lipinski definition) is 1. The van der Waals surface area contributed by atoms with Crippen LogP contribution in [0, 0.1) is 11.3 Å². The lowest BCUT2D eigenvalue weighted by atomic mass is 9.96. The van der Waals surface area contributed by atoms with Gasteiger partial charge in [0, 0.05) is 5.56 Å². The molecule has 2 N–H and O–H groups in total. The number of carbonyl (C=O) groups excluding carboxylic acids is 2. The van der Waals surface area contributed by atoms with Crippen molar-refractivity contribution in [2.75, 3.05) is 0 Å². The summed E-state index contributed by atoms with van der Waals surface area (Å²) in [7, 11) is 0. The molecule has 0 spiro atoms. The Morgan fingerprint density at radius 1 is 1.41 bits per heavy atom. The number of carbonyl (C=O) groups is 2. The van der Waals surface area contributed by atoms with E-state index in [1.165, 1.54) is 6.07 Å². The third-order valence-electron chi connectivity index (χ3n) is 2.04. The van der Waals surface area contributed by atoms with Crippen LogP contribution in [0.5, 0.6) is 0 Å². The van der Waals surface area contributed by atoms with E-state index in [4.69, 9.17) is 11.0 Å². The highest BCUT2D eigenvalue weighted by Gasteiger charge is 2.36. The molecular weight excluding hydrogens is 237 g/mol. The lowest BCUT2D eigenvalue weighted by Gasteiger charge is -2.12. The Hall–Kier alpha value is -2.36. The smallest absolute Gasteiger partial charge is 0.366 e. The van der Waals surface area contributed by atoms with Crippen LogP contribution < -0.4 is 5.73 Å². The van der Waals surface area contributed by atoms with Crippen molar-refractivity contribution >= 4 is 12.2 Å². The fourth-order valence-corrected chi connectivity index (χ4v) is 1.34. The Morgan fingerprint density at radius 3 is 2.35 bits per heavy atom. The molecule has 0 bridgehead atoms. The fourth-order valence-electron chi connectivity index (χ4n) is 1.34. The van der Waals surface area contributed by atoms with Gasteiger partial charge in [-0.3, -0.25) is 9.59 Å². The number of amides is 1. The summed E-state index contributed by atoms with van der Waals surface area (Å²) in [6, 6.07) is 2.88. The average molecular weight is 242 g/mol. The van der Waals surface area contributed by atoms with Crippen molar-refractivity contribution in [2.24, 2.45) is 5.73 Å². The number of hydrogen-bond acceptors (Lipinski definition) is 3. The first kappa shape index (κ1) is 12.7. The molecule has 0 atom stereocenters. The molecule has 0 aliphatic carbocycles. The third kappa shape index (κ3) is 2.25. The summed E-state index contributed by atoms with van der Waals surface area (Å²) in [6.07, 6.45) is -4.82. The van der Waals surface area contributed by atoms with Crippen molar-refractivity contribution in [1.82, 2.24) is 0 Å². The molecule has 17 heavy (non-hydrogen) atoms. The molecule has 0 aliphatic rings. The molecule has 0 aliphatic heterocycles. The zero-order valence-electron chi connectivity index (χ0n) is 8.21. The molecule has 88 valence electrons. The van der Waals surface area contributed by atoms with Crippen LogP contribution in [0.1, 0.15) is 31.8 Å². The van der Waals surface area contributed by atoms with E-state index in [0.717, 1.165) is 6.07 Å². The van der Waals surface area contributed by atoms with Crippen LogP contribution in [-0.4, -0.2) is 12.2 Å². The number of nitrogens with zero attached hydrogens (tertiary/aromatic N) is 1. The van der Waals surface area contributed by atoms with Crippen LogP contribution >= 0.6 is 0 Å². The zero-order chi connectivity index (χ0) is 13.2. The topological polar surface area (TPSA) is 83.9 Å². The van der Waals surface area contributed by atoms with Crippen LogP contribution in [0.15, 0.2) is 12.1 Å². The Labute approximate surface area is 93.4 Å². The van der Waals surface area contributed by atoms with Gasteiger partial charge in [-0.1, -0.05) is 0 Å². The van der Waals surface area contributed by atoms with Gasteiger partial charge in [-0.2, -0.15) is 18.4 Å². The monoisotopic (exact) mass is 242 g/mol. The first-order chi connectivity index (χ1) is 7.82. The molecule has 0 aromatic heterocycles. The van der Waals surface area contributed by atoms with Gasteiger partial charge in [-0.25, -0.2) is 0 Å². The third-order valence-corrected chi connectivity index (χ3v) is 2.04. The van der Waals surface area contributed by atoms with Crippen LogP contribution in [-0.2, 0) is 6.18 Å². The molecule has 7 heteroatoms. The highest BCUT2D eigenvalue weighted by atomic mass is 19.4. The second-order valence-electron chi connectivity index (χ2n) is 3.04. The molecule has 4 nitrogen and oxygen atoms in total. The molecule has 1 rings (SSSR count). The van der Waals surface area contributed by atoms with Gasteiger partial charge >= 0.3 is 6.18 Å². The first-order valence-corrected chi connectivity index (χ1v) is 4.22. The van der Waals surface area contributed by atoms with E-state index in [9.17, 15) is 22.8 Å². The highest BCUT2D eigenvalue weighted by Crippen LogP contribution is 2.33. The van der Waals surface area contributed by atoms with E-state index in [0.29, 0.717) is 6.07 Å². The molecule has 0 saturated carbocycles. The van der Waals surface area contributed by atoms with Crippen molar-refractivity contribution in [3.63, 3.8) is 0 Å².